The van der Waals surface area contributed by atoms with E-state index >= 15 is 0 Å². The predicted molar refractivity (Wildman–Crippen MR) is 241 cm³/mol. The highest BCUT2D eigenvalue weighted by molar-refractivity contribution is 6.23. The summed E-state index contributed by atoms with van der Waals surface area (Å²) < 4.78 is 40.5. The molecule has 0 spiro atoms. The Bertz CT molecular complexity index is 2400. The van der Waals surface area contributed by atoms with Crippen molar-refractivity contribution in [3.8, 4) is 0 Å². The van der Waals surface area contributed by atoms with Crippen molar-refractivity contribution in [1.29, 1.82) is 0 Å². The molecule has 66 heavy (non-hydrogen) atoms. The summed E-state index contributed by atoms with van der Waals surface area (Å²) in [4.78, 5) is 84.2. The van der Waals surface area contributed by atoms with Gasteiger partial charge in [-0.1, -0.05) is 6.07 Å². The fourth-order valence-corrected chi connectivity index (χ4v) is 10.8. The zero-order valence-corrected chi connectivity index (χ0v) is 37.1. The van der Waals surface area contributed by atoms with Crippen LogP contribution in [0.2, 0.25) is 0 Å². The number of benzene rings is 2. The van der Waals surface area contributed by atoms with Crippen LogP contribution < -0.4 is 25.3 Å². The number of imide groups is 2. The molecule has 6 aliphatic heterocycles. The molecule has 0 aliphatic carbocycles. The average molecular weight is 909 g/mol. The van der Waals surface area contributed by atoms with Crippen molar-refractivity contribution in [2.45, 2.75) is 82.6 Å². The molecular weight excluding hydrogens is 854 g/mol. The summed E-state index contributed by atoms with van der Waals surface area (Å²) in [5.74, 6) is -1.34. The van der Waals surface area contributed by atoms with Crippen LogP contribution in [0.25, 0.3) is 4.85 Å². The molecular formula is C48H55F3N10O5. The monoisotopic (exact) mass is 908 g/mol. The molecule has 9 rings (SSSR count). The van der Waals surface area contributed by atoms with E-state index in [1.54, 1.807) is 12.1 Å². The van der Waals surface area contributed by atoms with E-state index in [4.69, 9.17) is 6.57 Å². The Morgan fingerprint density at radius 1 is 0.788 bits per heavy atom. The molecule has 5 fully saturated rings. The number of piperazine rings is 1. The van der Waals surface area contributed by atoms with E-state index in [2.05, 4.69) is 47.0 Å². The van der Waals surface area contributed by atoms with E-state index in [1.807, 2.05) is 29.3 Å². The second kappa shape index (κ2) is 18.7. The van der Waals surface area contributed by atoms with Crippen molar-refractivity contribution in [2.24, 2.45) is 11.8 Å². The second-order valence-electron chi connectivity index (χ2n) is 18.6. The molecule has 0 bridgehead atoms. The Balaban J connectivity index is 0.686. The first-order valence-corrected chi connectivity index (χ1v) is 23.2. The third kappa shape index (κ3) is 9.32. The lowest BCUT2D eigenvalue weighted by atomic mass is 9.94. The number of hydrogen-bond acceptors (Lipinski definition) is 11. The van der Waals surface area contributed by atoms with Crippen molar-refractivity contribution in [1.82, 2.24) is 25.0 Å². The van der Waals surface area contributed by atoms with Crippen LogP contribution in [0.15, 0.2) is 54.7 Å². The van der Waals surface area contributed by atoms with Gasteiger partial charge in [0.15, 0.2) is 5.69 Å². The first-order chi connectivity index (χ1) is 31.7. The minimum Gasteiger partial charge on any atom is -0.372 e. The third-order valence-electron chi connectivity index (χ3n) is 14.7. The molecule has 1 unspecified atom stereocenters. The van der Waals surface area contributed by atoms with Gasteiger partial charge in [0, 0.05) is 101 Å². The number of nitrogens with one attached hydrogen (secondary N) is 2. The van der Waals surface area contributed by atoms with Gasteiger partial charge in [-0.05, 0) is 100 Å². The van der Waals surface area contributed by atoms with Crippen LogP contribution in [0.4, 0.5) is 41.7 Å². The highest BCUT2D eigenvalue weighted by Crippen LogP contribution is 2.40. The number of alkyl halides is 3. The molecule has 3 aromatic rings. The Labute approximate surface area is 382 Å². The van der Waals surface area contributed by atoms with Crippen molar-refractivity contribution < 1.29 is 37.1 Å². The number of anilines is 4. The van der Waals surface area contributed by atoms with E-state index in [0.29, 0.717) is 66.6 Å². The fraction of sp³-hybridized carbons (Fsp3) is 0.521. The molecule has 5 amide bonds. The molecule has 2 N–H and O–H groups in total. The first kappa shape index (κ1) is 45.1. The van der Waals surface area contributed by atoms with Gasteiger partial charge < -0.3 is 20.0 Å². The lowest BCUT2D eigenvalue weighted by Crippen LogP contribution is -2.57. The number of hydrogen-bond donors (Lipinski definition) is 2. The summed E-state index contributed by atoms with van der Waals surface area (Å²) in [5.41, 5.74) is 1.56. The van der Waals surface area contributed by atoms with Gasteiger partial charge in [0.1, 0.15) is 11.9 Å². The van der Waals surface area contributed by atoms with Crippen molar-refractivity contribution >= 4 is 58.1 Å². The molecule has 5 saturated heterocycles. The minimum absolute atomic E-state index is 0.0869. The molecule has 7 heterocycles. The number of fused-ring (bicyclic) bond motifs is 1. The number of carbonyl (C=O) groups is 5. The van der Waals surface area contributed by atoms with E-state index < -0.39 is 47.1 Å². The summed E-state index contributed by atoms with van der Waals surface area (Å²) in [7, 11) is 0. The zero-order chi connectivity index (χ0) is 46.3. The van der Waals surface area contributed by atoms with Gasteiger partial charge in [0.25, 0.3) is 11.8 Å². The number of rotatable bonds is 9. The number of aromatic nitrogens is 1. The Morgan fingerprint density at radius 3 is 2.08 bits per heavy atom. The zero-order valence-electron chi connectivity index (χ0n) is 37.1. The Morgan fingerprint density at radius 2 is 1.42 bits per heavy atom. The molecule has 2 aromatic carbocycles. The van der Waals surface area contributed by atoms with E-state index in [-0.39, 0.29) is 24.7 Å². The number of amides is 5. The maximum Gasteiger partial charge on any atom is 0.407 e. The van der Waals surface area contributed by atoms with Crippen LogP contribution in [0.1, 0.15) is 84.6 Å². The Hall–Kier alpha value is -6.06. The number of pyridine rings is 1. The van der Waals surface area contributed by atoms with Gasteiger partial charge in [-0.3, -0.25) is 44.0 Å². The van der Waals surface area contributed by atoms with E-state index in [9.17, 15) is 37.1 Å². The largest absolute Gasteiger partial charge is 0.407 e. The maximum absolute atomic E-state index is 13.5. The average Bonchev–Trinajstić information content (AvgIpc) is 3.57. The van der Waals surface area contributed by atoms with Gasteiger partial charge in [-0.2, -0.15) is 13.2 Å². The predicted octanol–water partition coefficient (Wildman–Crippen LogP) is 5.80. The smallest absolute Gasteiger partial charge is 0.372 e. The van der Waals surface area contributed by atoms with Gasteiger partial charge in [0.2, 0.25) is 17.7 Å². The lowest BCUT2D eigenvalue weighted by Gasteiger charge is -2.47. The Kier molecular flexibility index (Phi) is 12.8. The van der Waals surface area contributed by atoms with Crippen molar-refractivity contribution in [2.75, 3.05) is 85.5 Å². The lowest BCUT2D eigenvalue weighted by molar-refractivity contribution is -0.137. The molecule has 348 valence electrons. The molecule has 18 heteroatoms. The second-order valence-corrected chi connectivity index (χ2v) is 18.6. The first-order valence-electron chi connectivity index (χ1n) is 23.2. The molecule has 1 aromatic heterocycles. The summed E-state index contributed by atoms with van der Waals surface area (Å²) in [6, 6.07) is 12.9. The minimum atomic E-state index is -4.62. The van der Waals surface area contributed by atoms with Crippen LogP contribution in [0, 0.1) is 18.4 Å². The number of halogens is 3. The maximum atomic E-state index is 13.5. The van der Waals surface area contributed by atoms with E-state index in [0.717, 1.165) is 100 Å². The summed E-state index contributed by atoms with van der Waals surface area (Å²) in [6.07, 6.45) is 2.57. The number of carbonyl (C=O) groups excluding carboxylic acids is 5. The SMILES string of the molecule is [C-]#[N+]c1ccc(N2CCC(C(=O)Nc3ccc(N4CCC(CN5CCN(C6CCN(c7ccc8c(c7)C(=O)N(C7CCC(=O)NC7=O)C8=O)CC6)C[C@H]5C)CC4)cn3)CC2)cc1C(F)(F)F. The molecule has 0 radical (unpaired) electrons. The highest BCUT2D eigenvalue weighted by atomic mass is 19.4. The van der Waals surface area contributed by atoms with Crippen LogP contribution in [-0.2, 0) is 20.6 Å². The summed E-state index contributed by atoms with van der Waals surface area (Å²) in [5, 5.41) is 5.18. The molecule has 0 saturated carbocycles. The van der Waals surface area contributed by atoms with Gasteiger partial charge in [-0.25, -0.2) is 9.83 Å². The quantitative estimate of drug-likeness (QED) is 0.199. The fourth-order valence-electron chi connectivity index (χ4n) is 10.8. The number of nitrogens with zero attached hydrogens (tertiary/aromatic N) is 8. The highest BCUT2D eigenvalue weighted by Gasteiger charge is 2.45. The summed E-state index contributed by atoms with van der Waals surface area (Å²) in [6.45, 7) is 18.0. The molecule has 6 aliphatic rings. The van der Waals surface area contributed by atoms with Crippen LogP contribution in [0.3, 0.4) is 0 Å². The van der Waals surface area contributed by atoms with Crippen LogP contribution in [-0.4, -0.2) is 133 Å². The van der Waals surface area contributed by atoms with Gasteiger partial charge in [-0.15, -0.1) is 0 Å². The van der Waals surface area contributed by atoms with Crippen LogP contribution in [0.5, 0.6) is 0 Å². The standard InChI is InChI=1S/C48H55F3N10O5/c1-30-28-60(33-15-21-57(22-16-33)34-3-6-37-38(25-34)47(66)61(46(37)65)41-8-10-43(62)55-45(41)64)24-23-59(30)29-31-11-17-58(18-12-31)36-5-9-42(53-27-36)54-44(63)32-13-19-56(20-14-32)35-4-7-40(52-2)39(26-35)48(49,50)51/h3-7,9,25-27,30-33,41H,8,10-24,28-29H2,1H3,(H,53,54,63)(H,55,62,64)/t30-,41?/m1/s1. The van der Waals surface area contributed by atoms with Crippen molar-refractivity contribution in [3.63, 3.8) is 0 Å². The van der Waals surface area contributed by atoms with Gasteiger partial charge >= 0.3 is 6.18 Å². The van der Waals surface area contributed by atoms with Crippen molar-refractivity contribution in [3.05, 3.63) is 82.8 Å². The summed E-state index contributed by atoms with van der Waals surface area (Å²) >= 11 is 0. The molecule has 2 atom stereocenters. The van der Waals surface area contributed by atoms with E-state index in [1.165, 1.54) is 12.1 Å². The topological polar surface area (TPSA) is 146 Å². The molecule has 15 nitrogen and oxygen atoms in total. The third-order valence-corrected chi connectivity index (χ3v) is 14.7. The van der Waals surface area contributed by atoms with Gasteiger partial charge in [0.05, 0.1) is 35.1 Å². The number of piperidine rings is 4. The normalized spacial score (nSPS) is 23.3. The van der Waals surface area contributed by atoms with Crippen LogP contribution >= 0.6 is 0 Å².